The quantitative estimate of drug-likeness (QED) is 0.932. The predicted octanol–water partition coefficient (Wildman–Crippen LogP) is 1.86. The lowest BCUT2D eigenvalue weighted by atomic mass is 10.1. The Labute approximate surface area is 123 Å². The summed E-state index contributed by atoms with van der Waals surface area (Å²) in [5, 5.41) is 7.10. The number of nitrogens with zero attached hydrogens (tertiary/aromatic N) is 2. The van der Waals surface area contributed by atoms with Crippen LogP contribution in [0.15, 0.2) is 48.3 Å². The normalized spacial score (nSPS) is 14.6. The monoisotopic (exact) mass is 283 g/mol. The van der Waals surface area contributed by atoms with E-state index in [2.05, 4.69) is 10.4 Å². The van der Waals surface area contributed by atoms with Gasteiger partial charge in [-0.25, -0.2) is 0 Å². The second kappa shape index (κ2) is 5.83. The van der Waals surface area contributed by atoms with Crippen LogP contribution in [-0.4, -0.2) is 28.3 Å². The maximum Gasteiger partial charge on any atom is 0.250 e. The summed E-state index contributed by atoms with van der Waals surface area (Å²) in [5.41, 5.74) is 1.58. The van der Waals surface area contributed by atoms with Crippen molar-refractivity contribution >= 4 is 12.0 Å². The smallest absolute Gasteiger partial charge is 0.250 e. The molecular weight excluding hydrogens is 266 g/mol. The second-order valence-electron chi connectivity index (χ2n) is 5.10. The zero-order chi connectivity index (χ0) is 14.7. The summed E-state index contributed by atoms with van der Waals surface area (Å²) in [6.45, 7) is 2.90. The molecule has 1 unspecified atom stereocenters. The van der Waals surface area contributed by atoms with Crippen molar-refractivity contribution in [1.82, 2.24) is 15.1 Å². The van der Waals surface area contributed by atoms with Gasteiger partial charge >= 0.3 is 0 Å². The SMILES string of the molecule is CC(Cn1cccn1)NC(=O)C1=Cc2ccccc2OC1. The molecule has 2 heterocycles. The third-order valence-corrected chi connectivity index (χ3v) is 3.32. The van der Waals surface area contributed by atoms with Gasteiger partial charge in [-0.15, -0.1) is 0 Å². The molecule has 5 heteroatoms. The summed E-state index contributed by atoms with van der Waals surface area (Å²) < 4.78 is 7.40. The van der Waals surface area contributed by atoms with Crippen LogP contribution < -0.4 is 10.1 Å². The van der Waals surface area contributed by atoms with Crippen LogP contribution in [0, 0.1) is 0 Å². The van der Waals surface area contributed by atoms with Crippen molar-refractivity contribution in [3.63, 3.8) is 0 Å². The molecule has 1 aliphatic rings. The van der Waals surface area contributed by atoms with Gasteiger partial charge in [0.2, 0.25) is 0 Å². The number of carbonyl (C=O) groups is 1. The fourth-order valence-corrected chi connectivity index (χ4v) is 2.30. The lowest BCUT2D eigenvalue weighted by molar-refractivity contribution is -0.118. The van der Waals surface area contributed by atoms with Crippen LogP contribution in [-0.2, 0) is 11.3 Å². The van der Waals surface area contributed by atoms with Gasteiger partial charge in [0.05, 0.1) is 12.1 Å². The highest BCUT2D eigenvalue weighted by Gasteiger charge is 2.18. The van der Waals surface area contributed by atoms with Gasteiger partial charge in [-0.05, 0) is 25.1 Å². The van der Waals surface area contributed by atoms with E-state index in [0.29, 0.717) is 18.7 Å². The number of nitrogens with one attached hydrogen (secondary N) is 1. The third kappa shape index (κ3) is 3.13. The van der Waals surface area contributed by atoms with Crippen LogP contribution in [0.5, 0.6) is 5.75 Å². The van der Waals surface area contributed by atoms with Crippen LogP contribution in [0.25, 0.3) is 6.08 Å². The molecule has 0 radical (unpaired) electrons. The van der Waals surface area contributed by atoms with Crippen LogP contribution in [0.3, 0.4) is 0 Å². The molecule has 0 saturated heterocycles. The lowest BCUT2D eigenvalue weighted by Crippen LogP contribution is -2.38. The average Bonchev–Trinajstić information content (AvgIpc) is 2.99. The highest BCUT2D eigenvalue weighted by molar-refractivity contribution is 5.99. The largest absolute Gasteiger partial charge is 0.488 e. The Kier molecular flexibility index (Phi) is 3.73. The third-order valence-electron chi connectivity index (χ3n) is 3.32. The molecule has 1 amide bonds. The van der Waals surface area contributed by atoms with Gasteiger partial charge in [-0.2, -0.15) is 5.10 Å². The van der Waals surface area contributed by atoms with E-state index in [0.717, 1.165) is 11.3 Å². The molecule has 2 aromatic rings. The molecule has 1 N–H and O–H groups in total. The van der Waals surface area contributed by atoms with Gasteiger partial charge in [0.25, 0.3) is 5.91 Å². The van der Waals surface area contributed by atoms with Crippen molar-refractivity contribution in [2.24, 2.45) is 0 Å². The first-order valence-electron chi connectivity index (χ1n) is 6.93. The van der Waals surface area contributed by atoms with E-state index < -0.39 is 0 Å². The lowest BCUT2D eigenvalue weighted by Gasteiger charge is -2.19. The molecule has 108 valence electrons. The molecule has 1 atom stereocenters. The zero-order valence-corrected chi connectivity index (χ0v) is 11.8. The number of amides is 1. The minimum Gasteiger partial charge on any atom is -0.488 e. The highest BCUT2D eigenvalue weighted by Crippen LogP contribution is 2.25. The summed E-state index contributed by atoms with van der Waals surface area (Å²) in [5.74, 6) is 0.725. The Morgan fingerprint density at radius 3 is 3.10 bits per heavy atom. The van der Waals surface area contributed by atoms with Gasteiger partial charge < -0.3 is 10.1 Å². The van der Waals surface area contributed by atoms with Crippen LogP contribution >= 0.6 is 0 Å². The number of hydrogen-bond acceptors (Lipinski definition) is 3. The Bertz CT molecular complexity index is 662. The summed E-state index contributed by atoms with van der Waals surface area (Å²) in [4.78, 5) is 12.3. The van der Waals surface area contributed by atoms with Gasteiger partial charge in [0, 0.05) is 24.0 Å². The first-order chi connectivity index (χ1) is 10.2. The van der Waals surface area contributed by atoms with Crippen molar-refractivity contribution in [3.8, 4) is 5.75 Å². The highest BCUT2D eigenvalue weighted by atomic mass is 16.5. The van der Waals surface area contributed by atoms with E-state index in [9.17, 15) is 4.79 Å². The van der Waals surface area contributed by atoms with Gasteiger partial charge in [-0.1, -0.05) is 18.2 Å². The van der Waals surface area contributed by atoms with E-state index in [1.807, 2.05) is 49.5 Å². The Balaban J connectivity index is 1.65. The molecule has 5 nitrogen and oxygen atoms in total. The number of aromatic nitrogens is 2. The van der Waals surface area contributed by atoms with Crippen molar-refractivity contribution in [3.05, 3.63) is 53.9 Å². The van der Waals surface area contributed by atoms with Gasteiger partial charge in [-0.3, -0.25) is 9.48 Å². The Morgan fingerprint density at radius 2 is 2.29 bits per heavy atom. The topological polar surface area (TPSA) is 56.2 Å². The Hall–Kier alpha value is -2.56. The molecule has 0 fully saturated rings. The van der Waals surface area contributed by atoms with E-state index in [-0.39, 0.29) is 11.9 Å². The van der Waals surface area contributed by atoms with E-state index in [1.54, 1.807) is 10.9 Å². The molecule has 21 heavy (non-hydrogen) atoms. The van der Waals surface area contributed by atoms with Crippen molar-refractivity contribution < 1.29 is 9.53 Å². The van der Waals surface area contributed by atoms with Crippen molar-refractivity contribution in [1.29, 1.82) is 0 Å². The number of hydrogen-bond donors (Lipinski definition) is 1. The molecule has 1 aromatic carbocycles. The standard InChI is InChI=1S/C16H17N3O2/c1-12(10-19-8-4-7-17-19)18-16(20)14-9-13-5-2-3-6-15(13)21-11-14/h2-9,12H,10-11H2,1H3,(H,18,20). The number of rotatable bonds is 4. The fourth-order valence-electron chi connectivity index (χ4n) is 2.30. The van der Waals surface area contributed by atoms with Crippen LogP contribution in [0.1, 0.15) is 12.5 Å². The molecule has 3 rings (SSSR count). The number of carbonyl (C=O) groups excluding carboxylic acids is 1. The van der Waals surface area contributed by atoms with E-state index in [1.165, 1.54) is 0 Å². The Morgan fingerprint density at radius 1 is 1.43 bits per heavy atom. The summed E-state index contributed by atoms with van der Waals surface area (Å²) >= 11 is 0. The molecule has 1 aliphatic heterocycles. The fraction of sp³-hybridized carbons (Fsp3) is 0.250. The van der Waals surface area contributed by atoms with Crippen molar-refractivity contribution in [2.45, 2.75) is 19.5 Å². The molecular formula is C16H17N3O2. The van der Waals surface area contributed by atoms with Crippen LogP contribution in [0.2, 0.25) is 0 Å². The maximum atomic E-state index is 12.3. The first-order valence-corrected chi connectivity index (χ1v) is 6.93. The van der Waals surface area contributed by atoms with Crippen molar-refractivity contribution in [2.75, 3.05) is 6.61 Å². The number of para-hydroxylation sites is 1. The maximum absolute atomic E-state index is 12.3. The van der Waals surface area contributed by atoms with E-state index >= 15 is 0 Å². The molecule has 0 bridgehead atoms. The number of ether oxygens (including phenoxy) is 1. The molecule has 1 aromatic heterocycles. The molecule has 0 saturated carbocycles. The second-order valence-corrected chi connectivity index (χ2v) is 5.10. The summed E-state index contributed by atoms with van der Waals surface area (Å²) in [6.07, 6.45) is 5.49. The minimum absolute atomic E-state index is 0.00419. The van der Waals surface area contributed by atoms with Gasteiger partial charge in [0.1, 0.15) is 12.4 Å². The molecule has 0 aliphatic carbocycles. The summed E-state index contributed by atoms with van der Waals surface area (Å²) in [7, 11) is 0. The van der Waals surface area contributed by atoms with E-state index in [4.69, 9.17) is 4.74 Å². The predicted molar refractivity (Wildman–Crippen MR) is 79.7 cm³/mol. The van der Waals surface area contributed by atoms with Crippen LogP contribution in [0.4, 0.5) is 0 Å². The molecule has 0 spiro atoms. The average molecular weight is 283 g/mol. The zero-order valence-electron chi connectivity index (χ0n) is 11.8. The minimum atomic E-state index is -0.0934. The first kappa shape index (κ1) is 13.4. The number of benzene rings is 1. The number of fused-ring (bicyclic) bond motifs is 1. The summed E-state index contributed by atoms with van der Waals surface area (Å²) in [6, 6.07) is 9.55. The van der Waals surface area contributed by atoms with Gasteiger partial charge in [0.15, 0.2) is 0 Å².